The first kappa shape index (κ1) is 8.92. The summed E-state index contributed by atoms with van der Waals surface area (Å²) in [5, 5.41) is 8.21. The van der Waals surface area contributed by atoms with Crippen LogP contribution in [0, 0.1) is 0 Å². The van der Waals surface area contributed by atoms with Crippen LogP contribution in [0.25, 0.3) is 10.9 Å². The molecule has 3 nitrogen and oxygen atoms in total. The Labute approximate surface area is 88.7 Å². The summed E-state index contributed by atoms with van der Waals surface area (Å²) < 4.78 is 0. The minimum Gasteiger partial charge on any atom is -0.327 e. The predicted molar refractivity (Wildman–Crippen MR) is 60.7 cm³/mol. The maximum absolute atomic E-state index is 6.06. The van der Waals surface area contributed by atoms with Gasteiger partial charge in [0.2, 0.25) is 0 Å². The molecule has 15 heavy (non-hydrogen) atoms. The van der Waals surface area contributed by atoms with Crippen LogP contribution in [-0.2, 0) is 5.41 Å². The van der Waals surface area contributed by atoms with Gasteiger partial charge < -0.3 is 5.73 Å². The molecule has 1 atom stereocenters. The maximum atomic E-state index is 6.06. The van der Waals surface area contributed by atoms with E-state index in [4.69, 9.17) is 5.73 Å². The number of hydrogen-bond acceptors (Lipinski definition) is 2. The minimum atomic E-state index is 0.234. The van der Waals surface area contributed by atoms with Crippen LogP contribution >= 0.6 is 0 Å². The highest BCUT2D eigenvalue weighted by atomic mass is 15.1. The molecule has 0 saturated heterocycles. The molecule has 3 N–H and O–H groups in total. The van der Waals surface area contributed by atoms with E-state index < -0.39 is 0 Å². The van der Waals surface area contributed by atoms with Crippen molar-refractivity contribution in [2.75, 3.05) is 0 Å². The van der Waals surface area contributed by atoms with Gasteiger partial charge in [-0.2, -0.15) is 5.10 Å². The first-order valence-electron chi connectivity index (χ1n) is 5.41. The Bertz CT molecular complexity index is 494. The Morgan fingerprint density at radius 2 is 2.27 bits per heavy atom. The van der Waals surface area contributed by atoms with E-state index in [1.54, 1.807) is 0 Å². The third-order valence-corrected chi connectivity index (χ3v) is 3.68. The molecule has 1 saturated carbocycles. The van der Waals surface area contributed by atoms with Crippen molar-refractivity contribution in [1.82, 2.24) is 10.2 Å². The number of nitrogens with one attached hydrogen (secondary N) is 1. The van der Waals surface area contributed by atoms with Crippen LogP contribution in [0.2, 0.25) is 0 Å². The molecule has 1 aromatic carbocycles. The van der Waals surface area contributed by atoms with Gasteiger partial charge in [0.1, 0.15) is 0 Å². The highest BCUT2D eigenvalue weighted by Gasteiger charge is 2.47. The topological polar surface area (TPSA) is 54.7 Å². The van der Waals surface area contributed by atoms with Gasteiger partial charge in [-0.15, -0.1) is 0 Å². The van der Waals surface area contributed by atoms with Crippen molar-refractivity contribution in [1.29, 1.82) is 0 Å². The number of benzene rings is 1. The van der Waals surface area contributed by atoms with Gasteiger partial charge in [0.25, 0.3) is 0 Å². The molecule has 0 aliphatic heterocycles. The summed E-state index contributed by atoms with van der Waals surface area (Å²) in [6.45, 7) is 2.10. The number of rotatable bonds is 2. The zero-order valence-electron chi connectivity index (χ0n) is 8.83. The minimum absolute atomic E-state index is 0.234. The average Bonchev–Trinajstić information content (AvgIpc) is 2.91. The number of nitrogens with zero attached hydrogens (tertiary/aromatic N) is 1. The number of H-pyrrole nitrogens is 1. The Hall–Kier alpha value is -1.35. The van der Waals surface area contributed by atoms with E-state index in [0.717, 1.165) is 5.52 Å². The van der Waals surface area contributed by atoms with Crippen LogP contribution in [-0.4, -0.2) is 16.2 Å². The van der Waals surface area contributed by atoms with Gasteiger partial charge in [-0.1, -0.05) is 12.1 Å². The highest BCUT2D eigenvalue weighted by molar-refractivity contribution is 5.79. The first-order chi connectivity index (χ1) is 7.22. The number of fused-ring (bicyclic) bond motifs is 1. The molecule has 1 heterocycles. The monoisotopic (exact) mass is 201 g/mol. The van der Waals surface area contributed by atoms with Gasteiger partial charge in [-0.25, -0.2) is 0 Å². The molecule has 0 bridgehead atoms. The van der Waals surface area contributed by atoms with Gasteiger partial charge >= 0.3 is 0 Å². The van der Waals surface area contributed by atoms with Crippen molar-refractivity contribution in [2.24, 2.45) is 5.73 Å². The van der Waals surface area contributed by atoms with Crippen LogP contribution in [0.5, 0.6) is 0 Å². The summed E-state index contributed by atoms with van der Waals surface area (Å²) in [6.07, 6.45) is 4.28. The Morgan fingerprint density at radius 1 is 1.47 bits per heavy atom. The molecule has 78 valence electrons. The van der Waals surface area contributed by atoms with Crippen molar-refractivity contribution in [3.63, 3.8) is 0 Å². The van der Waals surface area contributed by atoms with Crippen LogP contribution in [0.4, 0.5) is 0 Å². The summed E-state index contributed by atoms with van der Waals surface area (Å²) in [5.41, 5.74) is 8.76. The summed E-state index contributed by atoms with van der Waals surface area (Å²) in [7, 11) is 0. The molecule has 2 aromatic rings. The quantitative estimate of drug-likeness (QED) is 0.780. The van der Waals surface area contributed by atoms with Crippen molar-refractivity contribution < 1.29 is 0 Å². The molecule has 0 spiro atoms. The summed E-state index contributed by atoms with van der Waals surface area (Å²) in [4.78, 5) is 0. The molecule has 0 radical (unpaired) electrons. The lowest BCUT2D eigenvalue weighted by Crippen LogP contribution is -2.31. The fourth-order valence-electron chi connectivity index (χ4n) is 2.39. The zero-order chi connectivity index (χ0) is 10.5. The molecule has 0 amide bonds. The van der Waals surface area contributed by atoms with Gasteiger partial charge in [-0.05, 0) is 31.4 Å². The van der Waals surface area contributed by atoms with E-state index in [2.05, 4.69) is 35.3 Å². The van der Waals surface area contributed by atoms with E-state index in [9.17, 15) is 0 Å². The van der Waals surface area contributed by atoms with E-state index in [0.29, 0.717) is 0 Å². The Kier molecular flexibility index (Phi) is 1.68. The normalized spacial score (nSPS) is 20.4. The van der Waals surface area contributed by atoms with E-state index >= 15 is 0 Å². The molecular formula is C12H15N3. The average molecular weight is 201 g/mol. The fourth-order valence-corrected chi connectivity index (χ4v) is 2.39. The first-order valence-corrected chi connectivity index (χ1v) is 5.41. The van der Waals surface area contributed by atoms with E-state index in [1.807, 2.05) is 6.20 Å². The maximum Gasteiger partial charge on any atom is 0.0653 e. The van der Waals surface area contributed by atoms with Crippen molar-refractivity contribution >= 4 is 10.9 Å². The standard InChI is InChI=1S/C12H15N3/c1-8(13)12(4-5-12)10-3-2-9-7-14-15-11(9)6-10/h2-3,6-8H,4-5,13H2,1H3,(H,14,15). The molecular weight excluding hydrogens is 186 g/mol. The van der Waals surface area contributed by atoms with Crippen LogP contribution < -0.4 is 5.73 Å². The molecule has 1 fully saturated rings. The largest absolute Gasteiger partial charge is 0.327 e. The second kappa shape index (κ2) is 2.83. The second-order valence-corrected chi connectivity index (χ2v) is 4.62. The Balaban J connectivity index is 2.11. The van der Waals surface area contributed by atoms with Crippen LogP contribution in [0.1, 0.15) is 25.3 Å². The fraction of sp³-hybridized carbons (Fsp3) is 0.417. The predicted octanol–water partition coefficient (Wildman–Crippen LogP) is 1.94. The Morgan fingerprint density at radius 3 is 2.93 bits per heavy atom. The van der Waals surface area contributed by atoms with Crippen LogP contribution in [0.15, 0.2) is 24.4 Å². The molecule has 1 aliphatic carbocycles. The number of hydrogen-bond donors (Lipinski definition) is 2. The number of aromatic nitrogens is 2. The second-order valence-electron chi connectivity index (χ2n) is 4.62. The van der Waals surface area contributed by atoms with Crippen molar-refractivity contribution in [3.8, 4) is 0 Å². The van der Waals surface area contributed by atoms with Gasteiger partial charge in [0.05, 0.1) is 11.7 Å². The molecule has 1 aliphatic rings. The molecule has 3 heteroatoms. The van der Waals surface area contributed by atoms with Crippen LogP contribution in [0.3, 0.4) is 0 Å². The summed E-state index contributed by atoms with van der Waals surface area (Å²) in [5.74, 6) is 0. The van der Waals surface area contributed by atoms with Crippen molar-refractivity contribution in [2.45, 2.75) is 31.2 Å². The van der Waals surface area contributed by atoms with Gasteiger partial charge in [0, 0.05) is 16.8 Å². The lowest BCUT2D eigenvalue weighted by Gasteiger charge is -2.19. The lowest BCUT2D eigenvalue weighted by atomic mass is 9.89. The highest BCUT2D eigenvalue weighted by Crippen LogP contribution is 2.50. The lowest BCUT2D eigenvalue weighted by molar-refractivity contribution is 0.557. The van der Waals surface area contributed by atoms with Crippen molar-refractivity contribution in [3.05, 3.63) is 30.0 Å². The third-order valence-electron chi connectivity index (χ3n) is 3.68. The van der Waals surface area contributed by atoms with Gasteiger partial charge in [-0.3, -0.25) is 5.10 Å². The van der Waals surface area contributed by atoms with E-state index in [1.165, 1.54) is 23.8 Å². The smallest absolute Gasteiger partial charge is 0.0653 e. The molecule has 3 rings (SSSR count). The SMILES string of the molecule is CC(N)C1(c2ccc3cn[nH]c3c2)CC1. The number of aromatic amines is 1. The number of nitrogens with two attached hydrogens (primary N) is 1. The summed E-state index contributed by atoms with van der Waals surface area (Å²) in [6, 6.07) is 6.74. The van der Waals surface area contributed by atoms with Gasteiger partial charge in [0.15, 0.2) is 0 Å². The van der Waals surface area contributed by atoms with E-state index in [-0.39, 0.29) is 11.5 Å². The summed E-state index contributed by atoms with van der Waals surface area (Å²) >= 11 is 0. The molecule has 1 aromatic heterocycles. The zero-order valence-corrected chi connectivity index (χ0v) is 8.83. The molecule has 1 unspecified atom stereocenters. The third kappa shape index (κ3) is 1.20.